The fourth-order valence-corrected chi connectivity index (χ4v) is 2.04. The molecule has 0 aliphatic carbocycles. The maximum absolute atomic E-state index is 12.9. The van der Waals surface area contributed by atoms with Crippen LogP contribution in [0.3, 0.4) is 0 Å². The van der Waals surface area contributed by atoms with Gasteiger partial charge in [-0.1, -0.05) is 12.1 Å². The van der Waals surface area contributed by atoms with Crippen molar-refractivity contribution in [1.82, 2.24) is 4.90 Å². The number of para-hydroxylation sites is 1. The summed E-state index contributed by atoms with van der Waals surface area (Å²) in [6.45, 7) is 4.98. The summed E-state index contributed by atoms with van der Waals surface area (Å²) in [5.74, 6) is -1.03. The number of halogens is 3. The minimum Gasteiger partial charge on any atom is -0.333 e. The highest BCUT2D eigenvalue weighted by molar-refractivity contribution is 5.96. The van der Waals surface area contributed by atoms with Gasteiger partial charge in [0.1, 0.15) is 0 Å². The number of anilines is 1. The highest BCUT2D eigenvalue weighted by atomic mass is 19.4. The molecule has 8 heteroatoms. The van der Waals surface area contributed by atoms with Crippen LogP contribution in [0.4, 0.5) is 18.9 Å². The van der Waals surface area contributed by atoms with Gasteiger partial charge in [-0.05, 0) is 32.9 Å². The highest BCUT2D eigenvalue weighted by Crippen LogP contribution is 2.34. The average molecular weight is 345 g/mol. The van der Waals surface area contributed by atoms with E-state index in [9.17, 15) is 22.8 Å². The largest absolute Gasteiger partial charge is 0.418 e. The number of amides is 2. The molecular formula is C16H22F3N3O2. The molecule has 2 amide bonds. The molecule has 0 bridgehead atoms. The first-order chi connectivity index (χ1) is 11.0. The summed E-state index contributed by atoms with van der Waals surface area (Å²) in [6, 6.07) is 4.69. The highest BCUT2D eigenvalue weighted by Gasteiger charge is 2.34. The van der Waals surface area contributed by atoms with Gasteiger partial charge in [-0.15, -0.1) is 0 Å². The molecule has 5 nitrogen and oxygen atoms in total. The van der Waals surface area contributed by atoms with E-state index in [-0.39, 0.29) is 31.2 Å². The minimum atomic E-state index is -4.58. The van der Waals surface area contributed by atoms with Gasteiger partial charge in [0.15, 0.2) is 0 Å². The molecule has 0 radical (unpaired) electrons. The molecule has 0 unspecified atom stereocenters. The van der Waals surface area contributed by atoms with E-state index in [4.69, 9.17) is 5.73 Å². The zero-order chi connectivity index (χ0) is 18.5. The minimum absolute atomic E-state index is 0.0981. The smallest absolute Gasteiger partial charge is 0.333 e. The molecule has 1 aromatic rings. The van der Waals surface area contributed by atoms with Crippen molar-refractivity contribution >= 4 is 17.5 Å². The number of alkyl halides is 3. The van der Waals surface area contributed by atoms with Gasteiger partial charge in [-0.2, -0.15) is 13.2 Å². The summed E-state index contributed by atoms with van der Waals surface area (Å²) in [5, 5.41) is 2.22. The molecule has 1 aromatic carbocycles. The van der Waals surface area contributed by atoms with Gasteiger partial charge >= 0.3 is 6.18 Å². The lowest BCUT2D eigenvalue weighted by Gasteiger charge is -2.30. The first-order valence-electron chi connectivity index (χ1n) is 7.48. The number of likely N-dealkylation sites (N-methyl/N-ethyl adjacent to an activating group) is 1. The van der Waals surface area contributed by atoms with Crippen LogP contribution in [0, 0.1) is 5.41 Å². The Bertz CT molecular complexity index is 600. The van der Waals surface area contributed by atoms with Crippen LogP contribution in [0.5, 0.6) is 0 Å². The predicted molar refractivity (Wildman–Crippen MR) is 85.2 cm³/mol. The number of nitrogens with zero attached hydrogens (tertiary/aromatic N) is 1. The van der Waals surface area contributed by atoms with Crippen LogP contribution in [0.1, 0.15) is 26.3 Å². The second kappa shape index (κ2) is 7.65. The molecule has 1 rings (SSSR count). The molecule has 0 fully saturated rings. The Labute approximate surface area is 139 Å². The molecule has 0 heterocycles. The Morgan fingerprint density at radius 2 is 1.79 bits per heavy atom. The Hall–Kier alpha value is -2.09. The molecule has 0 aromatic heterocycles. The predicted octanol–water partition coefficient (Wildman–Crippen LogP) is 2.48. The topological polar surface area (TPSA) is 75.4 Å². The Morgan fingerprint density at radius 1 is 1.21 bits per heavy atom. The van der Waals surface area contributed by atoms with Crippen molar-refractivity contribution in [2.24, 2.45) is 11.1 Å². The number of rotatable bonds is 6. The fraction of sp³-hybridized carbons (Fsp3) is 0.500. The Balaban J connectivity index is 2.88. The quantitative estimate of drug-likeness (QED) is 0.832. The molecule has 3 N–H and O–H groups in total. The van der Waals surface area contributed by atoms with Gasteiger partial charge in [-0.25, -0.2) is 0 Å². The van der Waals surface area contributed by atoms with E-state index in [0.29, 0.717) is 0 Å². The standard InChI is InChI=1S/C16H22F3N3O2/c1-4-22(14(24)15(2,3)10-20)9-13(23)21-12-8-6-5-7-11(12)16(17,18)19/h5-8H,4,9-10,20H2,1-3H3,(H,21,23). The molecule has 0 spiro atoms. The molecule has 0 atom stereocenters. The molecule has 0 aliphatic heterocycles. The maximum atomic E-state index is 12.9. The molecule has 24 heavy (non-hydrogen) atoms. The van der Waals surface area contributed by atoms with Crippen LogP contribution in [-0.2, 0) is 15.8 Å². The third kappa shape index (κ3) is 4.95. The van der Waals surface area contributed by atoms with Crippen molar-refractivity contribution in [2.45, 2.75) is 26.9 Å². The van der Waals surface area contributed by atoms with Crippen LogP contribution in [0.25, 0.3) is 0 Å². The molecule has 0 saturated carbocycles. The third-order valence-corrected chi connectivity index (χ3v) is 3.60. The summed E-state index contributed by atoms with van der Waals surface area (Å²) >= 11 is 0. The van der Waals surface area contributed by atoms with Crippen LogP contribution in [-0.4, -0.2) is 36.3 Å². The number of nitrogens with two attached hydrogens (primary N) is 1. The number of nitrogens with one attached hydrogen (secondary N) is 1. The van der Waals surface area contributed by atoms with E-state index in [2.05, 4.69) is 5.32 Å². The second-order valence-corrected chi connectivity index (χ2v) is 6.00. The van der Waals surface area contributed by atoms with Gasteiger partial charge < -0.3 is 16.0 Å². The summed E-state index contributed by atoms with van der Waals surface area (Å²) in [6.07, 6.45) is -4.58. The van der Waals surface area contributed by atoms with Gasteiger partial charge in [0.2, 0.25) is 11.8 Å². The normalized spacial score (nSPS) is 12.0. The van der Waals surface area contributed by atoms with Crippen molar-refractivity contribution in [2.75, 3.05) is 25.0 Å². The Kier molecular flexibility index (Phi) is 6.36. The molecule has 134 valence electrons. The SMILES string of the molecule is CCN(CC(=O)Nc1ccccc1C(F)(F)F)C(=O)C(C)(C)CN. The van der Waals surface area contributed by atoms with Gasteiger partial charge in [0.05, 0.1) is 23.2 Å². The van der Waals surface area contributed by atoms with Crippen molar-refractivity contribution in [1.29, 1.82) is 0 Å². The lowest BCUT2D eigenvalue weighted by Crippen LogP contribution is -2.47. The lowest BCUT2D eigenvalue weighted by molar-refractivity contribution is -0.142. The molecular weight excluding hydrogens is 323 g/mol. The zero-order valence-corrected chi connectivity index (χ0v) is 13.9. The van der Waals surface area contributed by atoms with E-state index in [1.165, 1.54) is 23.1 Å². The van der Waals surface area contributed by atoms with Crippen molar-refractivity contribution in [3.05, 3.63) is 29.8 Å². The Morgan fingerprint density at radius 3 is 2.29 bits per heavy atom. The van der Waals surface area contributed by atoms with E-state index in [0.717, 1.165) is 6.07 Å². The van der Waals surface area contributed by atoms with Gasteiger partial charge in [0, 0.05) is 13.1 Å². The molecule has 0 saturated heterocycles. The summed E-state index contributed by atoms with van der Waals surface area (Å²) in [7, 11) is 0. The van der Waals surface area contributed by atoms with E-state index in [1.54, 1.807) is 20.8 Å². The third-order valence-electron chi connectivity index (χ3n) is 3.60. The number of carbonyl (C=O) groups is 2. The van der Waals surface area contributed by atoms with Crippen molar-refractivity contribution in [3.63, 3.8) is 0 Å². The summed E-state index contributed by atoms with van der Waals surface area (Å²) in [5.41, 5.74) is 3.43. The van der Waals surface area contributed by atoms with Crippen LogP contribution in [0.15, 0.2) is 24.3 Å². The fourth-order valence-electron chi connectivity index (χ4n) is 2.04. The van der Waals surface area contributed by atoms with Crippen LogP contribution >= 0.6 is 0 Å². The summed E-state index contributed by atoms with van der Waals surface area (Å²) < 4.78 is 38.8. The average Bonchev–Trinajstić information content (AvgIpc) is 2.51. The first-order valence-corrected chi connectivity index (χ1v) is 7.48. The van der Waals surface area contributed by atoms with E-state index >= 15 is 0 Å². The van der Waals surface area contributed by atoms with E-state index < -0.39 is 23.1 Å². The van der Waals surface area contributed by atoms with Crippen molar-refractivity contribution < 1.29 is 22.8 Å². The van der Waals surface area contributed by atoms with Gasteiger partial charge in [-0.3, -0.25) is 9.59 Å². The number of hydrogen-bond acceptors (Lipinski definition) is 3. The first kappa shape index (κ1) is 20.0. The van der Waals surface area contributed by atoms with E-state index in [1.807, 2.05) is 0 Å². The zero-order valence-electron chi connectivity index (χ0n) is 13.9. The monoisotopic (exact) mass is 345 g/mol. The number of benzene rings is 1. The number of hydrogen-bond donors (Lipinski definition) is 2. The van der Waals surface area contributed by atoms with Crippen molar-refractivity contribution in [3.8, 4) is 0 Å². The number of carbonyl (C=O) groups excluding carboxylic acids is 2. The molecule has 0 aliphatic rings. The maximum Gasteiger partial charge on any atom is 0.418 e. The van der Waals surface area contributed by atoms with Crippen LogP contribution in [0.2, 0.25) is 0 Å². The van der Waals surface area contributed by atoms with Gasteiger partial charge in [0.25, 0.3) is 0 Å². The lowest BCUT2D eigenvalue weighted by atomic mass is 9.92. The summed E-state index contributed by atoms with van der Waals surface area (Å²) in [4.78, 5) is 25.7. The second-order valence-electron chi connectivity index (χ2n) is 6.00. The van der Waals surface area contributed by atoms with Crippen LogP contribution < -0.4 is 11.1 Å².